The summed E-state index contributed by atoms with van der Waals surface area (Å²) < 4.78 is 7.08. The van der Waals surface area contributed by atoms with E-state index in [1.807, 2.05) is 12.1 Å². The first-order valence-electron chi connectivity index (χ1n) is 6.78. The molecule has 0 atom stereocenters. The summed E-state index contributed by atoms with van der Waals surface area (Å²) in [6, 6.07) is 12.4. The van der Waals surface area contributed by atoms with Crippen molar-refractivity contribution in [2.75, 3.05) is 6.54 Å². The Morgan fingerprint density at radius 3 is 2.25 bits per heavy atom. The first-order valence-corrected chi connectivity index (χ1v) is 7.57. The van der Waals surface area contributed by atoms with Crippen molar-refractivity contribution in [1.82, 2.24) is 0 Å². The first kappa shape index (κ1) is 15.1. The fraction of sp³-hybridized carbons (Fsp3) is 0.294. The summed E-state index contributed by atoms with van der Waals surface area (Å²) in [4.78, 5) is 0. The number of nitrogens with two attached hydrogens (primary N) is 1. The van der Waals surface area contributed by atoms with Gasteiger partial charge in [-0.25, -0.2) is 0 Å². The smallest absolute Gasteiger partial charge is 0.120 e. The van der Waals surface area contributed by atoms with Crippen LogP contribution in [0.5, 0.6) is 5.75 Å². The number of benzene rings is 2. The minimum Gasteiger partial charge on any atom is -0.489 e. The van der Waals surface area contributed by atoms with Crippen molar-refractivity contribution in [1.29, 1.82) is 0 Å². The lowest BCUT2D eigenvalue weighted by Gasteiger charge is -2.12. The molecule has 0 amide bonds. The Hall–Kier alpha value is -1.32. The van der Waals surface area contributed by atoms with Gasteiger partial charge in [0, 0.05) is 4.47 Å². The van der Waals surface area contributed by atoms with Crippen LogP contribution in [-0.2, 0) is 13.0 Å². The molecule has 106 valence electrons. The molecule has 0 saturated carbocycles. The molecule has 20 heavy (non-hydrogen) atoms. The van der Waals surface area contributed by atoms with Gasteiger partial charge in [-0.2, -0.15) is 0 Å². The van der Waals surface area contributed by atoms with Crippen LogP contribution in [0.15, 0.2) is 40.9 Å². The Morgan fingerprint density at radius 2 is 1.65 bits per heavy atom. The molecule has 0 aliphatic rings. The zero-order valence-electron chi connectivity index (χ0n) is 11.9. The molecule has 0 fully saturated rings. The highest BCUT2D eigenvalue weighted by Gasteiger charge is 2.05. The second-order valence-corrected chi connectivity index (χ2v) is 5.76. The fourth-order valence-corrected chi connectivity index (χ4v) is 2.48. The van der Waals surface area contributed by atoms with Gasteiger partial charge in [-0.15, -0.1) is 0 Å². The van der Waals surface area contributed by atoms with Crippen LogP contribution in [0.2, 0.25) is 0 Å². The minimum absolute atomic E-state index is 0.580. The van der Waals surface area contributed by atoms with Gasteiger partial charge in [0.05, 0.1) is 0 Å². The number of ether oxygens (including phenoxy) is 1. The van der Waals surface area contributed by atoms with Crippen molar-refractivity contribution in [3.8, 4) is 5.75 Å². The molecule has 0 aromatic heterocycles. The lowest BCUT2D eigenvalue weighted by molar-refractivity contribution is 0.304. The van der Waals surface area contributed by atoms with Gasteiger partial charge in [-0.3, -0.25) is 0 Å². The summed E-state index contributed by atoms with van der Waals surface area (Å²) >= 11 is 3.57. The molecule has 0 bridgehead atoms. The molecule has 0 heterocycles. The molecule has 0 radical (unpaired) electrons. The average molecular weight is 334 g/mol. The predicted octanol–water partition coefficient (Wildman–Crippen LogP) is 4.15. The molecule has 0 saturated heterocycles. The molecule has 2 rings (SSSR count). The van der Waals surface area contributed by atoms with E-state index in [2.05, 4.69) is 54.0 Å². The third-order valence-electron chi connectivity index (χ3n) is 3.34. The Kier molecular flexibility index (Phi) is 5.21. The van der Waals surface area contributed by atoms with Crippen molar-refractivity contribution in [3.05, 3.63) is 63.1 Å². The average Bonchev–Trinajstić information content (AvgIpc) is 2.44. The Morgan fingerprint density at radius 1 is 1.05 bits per heavy atom. The fourth-order valence-electron chi connectivity index (χ4n) is 2.25. The van der Waals surface area contributed by atoms with Crippen LogP contribution in [0.1, 0.15) is 22.3 Å². The van der Waals surface area contributed by atoms with Gasteiger partial charge in [0.25, 0.3) is 0 Å². The lowest BCUT2D eigenvalue weighted by Crippen LogP contribution is -2.07. The van der Waals surface area contributed by atoms with E-state index in [0.717, 1.165) is 16.6 Å². The topological polar surface area (TPSA) is 35.2 Å². The van der Waals surface area contributed by atoms with Crippen molar-refractivity contribution in [2.45, 2.75) is 26.9 Å². The Bertz CT molecular complexity index is 572. The van der Waals surface area contributed by atoms with Crippen molar-refractivity contribution < 1.29 is 4.74 Å². The molecule has 0 spiro atoms. The van der Waals surface area contributed by atoms with Crippen molar-refractivity contribution in [3.63, 3.8) is 0 Å². The van der Waals surface area contributed by atoms with Crippen LogP contribution in [0.25, 0.3) is 0 Å². The van der Waals surface area contributed by atoms with Gasteiger partial charge in [-0.05, 0) is 61.2 Å². The summed E-state index contributed by atoms with van der Waals surface area (Å²) in [6.07, 6.45) is 0.887. The molecule has 3 heteroatoms. The largest absolute Gasteiger partial charge is 0.489 e. The van der Waals surface area contributed by atoms with Crippen LogP contribution in [0, 0.1) is 13.8 Å². The molecule has 2 N–H and O–H groups in total. The van der Waals surface area contributed by atoms with Gasteiger partial charge < -0.3 is 10.5 Å². The lowest BCUT2D eigenvalue weighted by atomic mass is 10.1. The predicted molar refractivity (Wildman–Crippen MR) is 87.1 cm³/mol. The van der Waals surface area contributed by atoms with Crippen molar-refractivity contribution >= 4 is 15.9 Å². The van der Waals surface area contributed by atoms with Crippen LogP contribution in [-0.4, -0.2) is 6.54 Å². The van der Waals surface area contributed by atoms with E-state index in [9.17, 15) is 0 Å². The highest BCUT2D eigenvalue weighted by molar-refractivity contribution is 9.10. The number of halogens is 1. The number of rotatable bonds is 5. The van der Waals surface area contributed by atoms with E-state index in [0.29, 0.717) is 13.2 Å². The van der Waals surface area contributed by atoms with Crippen LogP contribution >= 0.6 is 15.9 Å². The second kappa shape index (κ2) is 6.91. The number of aryl methyl sites for hydroxylation is 2. The normalized spacial score (nSPS) is 10.6. The van der Waals surface area contributed by atoms with E-state index >= 15 is 0 Å². The first-order chi connectivity index (χ1) is 9.61. The van der Waals surface area contributed by atoms with Gasteiger partial charge in [-0.1, -0.05) is 40.2 Å². The maximum Gasteiger partial charge on any atom is 0.120 e. The molecular weight excluding hydrogens is 314 g/mol. The maximum atomic E-state index is 5.93. The molecule has 0 aliphatic carbocycles. The summed E-state index contributed by atoms with van der Waals surface area (Å²) in [6.45, 7) is 5.39. The van der Waals surface area contributed by atoms with Gasteiger partial charge >= 0.3 is 0 Å². The van der Waals surface area contributed by atoms with Crippen LogP contribution in [0.4, 0.5) is 0 Å². The minimum atomic E-state index is 0.580. The standard InChI is InChI=1S/C17H20BrNO/c1-12-9-16(10-13(2)17(12)18)20-11-15-6-4-3-5-14(15)7-8-19/h3-6,9-10H,7-8,11,19H2,1-2H3. The Balaban J connectivity index is 2.13. The summed E-state index contributed by atoms with van der Waals surface area (Å²) in [5.41, 5.74) is 10.5. The third kappa shape index (κ3) is 3.62. The van der Waals surface area contributed by atoms with E-state index < -0.39 is 0 Å². The third-order valence-corrected chi connectivity index (χ3v) is 4.59. The highest BCUT2D eigenvalue weighted by atomic mass is 79.9. The zero-order chi connectivity index (χ0) is 14.5. The summed E-state index contributed by atoms with van der Waals surface area (Å²) in [7, 11) is 0. The molecule has 0 unspecified atom stereocenters. The molecule has 2 nitrogen and oxygen atoms in total. The molecule has 0 aliphatic heterocycles. The summed E-state index contributed by atoms with van der Waals surface area (Å²) in [5.74, 6) is 0.908. The molecule has 2 aromatic rings. The number of hydrogen-bond acceptors (Lipinski definition) is 2. The molecular formula is C17H20BrNO. The van der Waals surface area contributed by atoms with E-state index in [-0.39, 0.29) is 0 Å². The van der Waals surface area contributed by atoms with Crippen LogP contribution in [0.3, 0.4) is 0 Å². The maximum absolute atomic E-state index is 5.93. The van der Waals surface area contributed by atoms with E-state index in [4.69, 9.17) is 10.5 Å². The quantitative estimate of drug-likeness (QED) is 0.892. The monoisotopic (exact) mass is 333 g/mol. The second-order valence-electron chi connectivity index (χ2n) is 4.97. The Labute approximate surface area is 129 Å². The van der Waals surface area contributed by atoms with E-state index in [1.54, 1.807) is 0 Å². The SMILES string of the molecule is Cc1cc(OCc2ccccc2CCN)cc(C)c1Br. The zero-order valence-corrected chi connectivity index (χ0v) is 13.5. The van der Waals surface area contributed by atoms with Crippen LogP contribution < -0.4 is 10.5 Å². The summed E-state index contributed by atoms with van der Waals surface area (Å²) in [5, 5.41) is 0. The van der Waals surface area contributed by atoms with Gasteiger partial charge in [0.2, 0.25) is 0 Å². The molecule has 2 aromatic carbocycles. The van der Waals surface area contributed by atoms with Crippen molar-refractivity contribution in [2.24, 2.45) is 5.73 Å². The highest BCUT2D eigenvalue weighted by Crippen LogP contribution is 2.27. The van der Waals surface area contributed by atoms with E-state index in [1.165, 1.54) is 22.3 Å². The number of hydrogen-bond donors (Lipinski definition) is 1. The van der Waals surface area contributed by atoms with Gasteiger partial charge in [0.1, 0.15) is 12.4 Å². The van der Waals surface area contributed by atoms with Gasteiger partial charge in [0.15, 0.2) is 0 Å².